The molecule has 1 atom stereocenters. The van der Waals surface area contributed by atoms with Crippen LogP contribution >= 0.6 is 11.6 Å². The fourth-order valence-corrected chi connectivity index (χ4v) is 5.28. The third-order valence-electron chi connectivity index (χ3n) is 5.60. The Bertz CT molecular complexity index is 907. The Morgan fingerprint density at radius 1 is 1.03 bits per heavy atom. The van der Waals surface area contributed by atoms with Gasteiger partial charge >= 0.3 is 0 Å². The monoisotopic (exact) mass is 434 g/mol. The summed E-state index contributed by atoms with van der Waals surface area (Å²) in [7, 11) is -3.55. The van der Waals surface area contributed by atoms with E-state index in [4.69, 9.17) is 11.6 Å². The Balaban J connectivity index is 1.69. The molecule has 2 aromatic carbocycles. The van der Waals surface area contributed by atoms with E-state index in [1.165, 1.54) is 42.5 Å². The van der Waals surface area contributed by atoms with Crippen LogP contribution in [0.4, 0.5) is 0 Å². The molecule has 4 nitrogen and oxygen atoms in total. The number of nitrogens with one attached hydrogen (secondary N) is 1. The zero-order valence-electron chi connectivity index (χ0n) is 17.3. The molecular formula is C23H31ClN2O2S. The predicted octanol–water partition coefficient (Wildman–Crippen LogP) is 4.80. The number of hydrogen-bond acceptors (Lipinski definition) is 3. The lowest BCUT2D eigenvalue weighted by molar-refractivity contribution is 0.180. The Hall–Kier alpha value is -1.40. The Morgan fingerprint density at radius 2 is 1.72 bits per heavy atom. The van der Waals surface area contributed by atoms with E-state index >= 15 is 0 Å². The molecule has 1 aliphatic rings. The minimum atomic E-state index is -3.55. The molecule has 0 aromatic heterocycles. The van der Waals surface area contributed by atoms with E-state index in [1.807, 2.05) is 6.07 Å². The van der Waals surface area contributed by atoms with Crippen LogP contribution in [-0.4, -0.2) is 32.4 Å². The molecule has 0 bridgehead atoms. The molecular weight excluding hydrogens is 404 g/mol. The molecule has 29 heavy (non-hydrogen) atoms. The largest absolute Gasteiger partial charge is 0.300 e. The van der Waals surface area contributed by atoms with Gasteiger partial charge in [0.05, 0.1) is 4.90 Å². The lowest BCUT2D eigenvalue weighted by atomic mass is 9.86. The lowest BCUT2D eigenvalue weighted by Gasteiger charge is -2.35. The number of rotatable bonds is 9. The van der Waals surface area contributed by atoms with Gasteiger partial charge in [-0.1, -0.05) is 43.6 Å². The molecule has 158 valence electrons. The summed E-state index contributed by atoms with van der Waals surface area (Å²) < 4.78 is 27.8. The van der Waals surface area contributed by atoms with Crippen LogP contribution < -0.4 is 4.72 Å². The Labute approximate surface area is 180 Å². The molecule has 0 spiro atoms. The third-order valence-corrected chi connectivity index (χ3v) is 7.27. The fourth-order valence-electron chi connectivity index (χ4n) is 4.14. The molecule has 0 unspecified atom stereocenters. The Kier molecular flexibility index (Phi) is 7.74. The molecule has 0 saturated heterocycles. The molecule has 3 rings (SSSR count). The smallest absolute Gasteiger partial charge is 0.240 e. The van der Waals surface area contributed by atoms with Gasteiger partial charge in [0.25, 0.3) is 0 Å². The summed E-state index contributed by atoms with van der Waals surface area (Å²) in [4.78, 5) is 2.86. The molecule has 6 heteroatoms. The van der Waals surface area contributed by atoms with Gasteiger partial charge in [0.1, 0.15) is 0 Å². The second-order valence-electron chi connectivity index (χ2n) is 7.81. The highest BCUT2D eigenvalue weighted by atomic mass is 35.5. The first kappa shape index (κ1) is 22.3. The zero-order valence-corrected chi connectivity index (χ0v) is 18.9. The van der Waals surface area contributed by atoms with Gasteiger partial charge in [-0.3, -0.25) is 0 Å². The van der Waals surface area contributed by atoms with Crippen LogP contribution in [0, 0.1) is 0 Å². The first-order valence-corrected chi connectivity index (χ1v) is 12.4. The average molecular weight is 435 g/mol. The van der Waals surface area contributed by atoms with E-state index in [0.717, 1.165) is 31.5 Å². The summed E-state index contributed by atoms with van der Waals surface area (Å²) in [5.74, 6) is 0. The van der Waals surface area contributed by atoms with E-state index in [0.29, 0.717) is 11.1 Å². The highest BCUT2D eigenvalue weighted by Gasteiger charge is 2.23. The van der Waals surface area contributed by atoms with Crippen molar-refractivity contribution in [3.8, 4) is 0 Å². The van der Waals surface area contributed by atoms with Gasteiger partial charge in [-0.25, -0.2) is 13.1 Å². The average Bonchev–Trinajstić information content (AvgIpc) is 2.72. The van der Waals surface area contributed by atoms with Crippen LogP contribution in [0.15, 0.2) is 47.4 Å². The number of benzene rings is 2. The maximum Gasteiger partial charge on any atom is 0.240 e. The highest BCUT2D eigenvalue weighted by molar-refractivity contribution is 7.89. The molecule has 0 saturated carbocycles. The molecule has 1 N–H and O–H groups in total. The summed E-state index contributed by atoms with van der Waals surface area (Å²) in [6.07, 6.45) is 5.70. The summed E-state index contributed by atoms with van der Waals surface area (Å²) in [6.45, 7) is 7.06. The normalized spacial score (nSPS) is 16.8. The van der Waals surface area contributed by atoms with Gasteiger partial charge in [0, 0.05) is 17.6 Å². The summed E-state index contributed by atoms with van der Waals surface area (Å²) in [6, 6.07) is 13.2. The first-order valence-electron chi connectivity index (χ1n) is 10.5. The highest BCUT2D eigenvalue weighted by Crippen LogP contribution is 2.26. The second-order valence-corrected chi connectivity index (χ2v) is 10.0. The van der Waals surface area contributed by atoms with Gasteiger partial charge in [-0.2, -0.15) is 0 Å². The van der Waals surface area contributed by atoms with Crippen LogP contribution in [0.5, 0.6) is 0 Å². The minimum absolute atomic E-state index is 0.231. The van der Waals surface area contributed by atoms with Crippen molar-refractivity contribution in [3.63, 3.8) is 0 Å². The standard InChI is InChI=1S/C23H31ClN2O2S/c1-3-13-26(14-4-2)22-10-7-19-6-5-18(15-20(19)16-22)17-25-29(27,28)23-11-8-21(24)9-12-23/h5-6,8-9,11-12,15,22,25H,3-4,7,10,13-14,16-17H2,1-2H3/t22-/m1/s1. The quantitative estimate of drug-likeness (QED) is 0.616. The third kappa shape index (κ3) is 5.82. The van der Waals surface area contributed by atoms with Crippen molar-refractivity contribution in [2.24, 2.45) is 0 Å². The molecule has 2 aromatic rings. The van der Waals surface area contributed by atoms with Crippen molar-refractivity contribution in [1.82, 2.24) is 9.62 Å². The second kappa shape index (κ2) is 10.1. The molecule has 0 fully saturated rings. The van der Waals surface area contributed by atoms with Gasteiger partial charge in [-0.05, 0) is 86.1 Å². The number of aryl methyl sites for hydroxylation is 1. The van der Waals surface area contributed by atoms with E-state index in [2.05, 4.69) is 35.6 Å². The zero-order chi connectivity index (χ0) is 20.9. The fraction of sp³-hybridized carbons (Fsp3) is 0.478. The van der Waals surface area contributed by atoms with E-state index in [1.54, 1.807) is 12.1 Å². The number of sulfonamides is 1. The van der Waals surface area contributed by atoms with Crippen molar-refractivity contribution in [1.29, 1.82) is 0 Å². The van der Waals surface area contributed by atoms with Crippen molar-refractivity contribution < 1.29 is 8.42 Å². The van der Waals surface area contributed by atoms with Crippen molar-refractivity contribution in [2.75, 3.05) is 13.1 Å². The summed E-state index contributed by atoms with van der Waals surface area (Å²) in [5, 5.41) is 0.522. The van der Waals surface area contributed by atoms with Crippen molar-refractivity contribution in [2.45, 2.75) is 63.4 Å². The van der Waals surface area contributed by atoms with Crippen LogP contribution in [0.25, 0.3) is 0 Å². The minimum Gasteiger partial charge on any atom is -0.300 e. The van der Waals surface area contributed by atoms with Crippen LogP contribution in [0.2, 0.25) is 5.02 Å². The van der Waals surface area contributed by atoms with Crippen LogP contribution in [0.3, 0.4) is 0 Å². The SMILES string of the molecule is CCCN(CCC)[C@@H]1CCc2ccc(CNS(=O)(=O)c3ccc(Cl)cc3)cc2C1. The maximum absolute atomic E-state index is 12.5. The summed E-state index contributed by atoms with van der Waals surface area (Å²) >= 11 is 5.86. The lowest BCUT2D eigenvalue weighted by Crippen LogP contribution is -2.40. The van der Waals surface area contributed by atoms with Crippen LogP contribution in [-0.2, 0) is 29.4 Å². The summed E-state index contributed by atoms with van der Waals surface area (Å²) in [5.41, 5.74) is 3.76. The first-order chi connectivity index (χ1) is 13.9. The van der Waals surface area contributed by atoms with E-state index in [-0.39, 0.29) is 11.4 Å². The van der Waals surface area contributed by atoms with Crippen molar-refractivity contribution >= 4 is 21.6 Å². The number of hydrogen-bond donors (Lipinski definition) is 1. The van der Waals surface area contributed by atoms with E-state index in [9.17, 15) is 8.42 Å². The topological polar surface area (TPSA) is 49.4 Å². The molecule has 0 aliphatic heterocycles. The molecule has 0 amide bonds. The molecule has 0 radical (unpaired) electrons. The molecule has 0 heterocycles. The van der Waals surface area contributed by atoms with Gasteiger partial charge in [0.15, 0.2) is 0 Å². The number of nitrogens with zero attached hydrogens (tertiary/aromatic N) is 1. The van der Waals surface area contributed by atoms with E-state index < -0.39 is 10.0 Å². The molecule has 1 aliphatic carbocycles. The predicted molar refractivity (Wildman–Crippen MR) is 120 cm³/mol. The number of halogens is 1. The van der Waals surface area contributed by atoms with Gasteiger partial charge < -0.3 is 4.90 Å². The van der Waals surface area contributed by atoms with Gasteiger partial charge in [0.2, 0.25) is 10.0 Å². The Morgan fingerprint density at radius 3 is 2.38 bits per heavy atom. The number of fused-ring (bicyclic) bond motifs is 1. The van der Waals surface area contributed by atoms with Crippen LogP contribution in [0.1, 0.15) is 49.8 Å². The van der Waals surface area contributed by atoms with Crippen molar-refractivity contribution in [3.05, 3.63) is 64.2 Å². The maximum atomic E-state index is 12.5. The van der Waals surface area contributed by atoms with Gasteiger partial charge in [-0.15, -0.1) is 0 Å².